The molecule has 0 aliphatic carbocycles. The van der Waals surface area contributed by atoms with Gasteiger partial charge in [-0.2, -0.15) is 0 Å². The molecule has 1 amide bonds. The summed E-state index contributed by atoms with van der Waals surface area (Å²) >= 11 is 0. The zero-order valence-corrected chi connectivity index (χ0v) is 16.2. The molecule has 5 nitrogen and oxygen atoms in total. The Balaban J connectivity index is 1.79. The fourth-order valence-electron chi connectivity index (χ4n) is 2.86. The molecule has 0 fully saturated rings. The Hall–Kier alpha value is -3.54. The van der Waals surface area contributed by atoms with Crippen LogP contribution in [0.15, 0.2) is 72.8 Å². The van der Waals surface area contributed by atoms with Crippen molar-refractivity contribution in [3.05, 3.63) is 89.7 Å². The summed E-state index contributed by atoms with van der Waals surface area (Å²) in [5.41, 5.74) is 1.26. The predicted octanol–water partition coefficient (Wildman–Crippen LogP) is 4.39. The van der Waals surface area contributed by atoms with Crippen LogP contribution >= 0.6 is 0 Å². The van der Waals surface area contributed by atoms with Gasteiger partial charge in [-0.05, 0) is 35.9 Å². The maximum Gasteiger partial charge on any atom is 0.252 e. The molecule has 150 valence electrons. The van der Waals surface area contributed by atoms with Crippen molar-refractivity contribution in [2.75, 3.05) is 20.8 Å². The van der Waals surface area contributed by atoms with Gasteiger partial charge in [0.05, 0.1) is 20.3 Å². The van der Waals surface area contributed by atoms with E-state index in [0.717, 1.165) is 5.56 Å². The molecule has 3 rings (SSSR count). The van der Waals surface area contributed by atoms with Crippen molar-refractivity contribution >= 4 is 5.91 Å². The molecule has 1 N–H and O–H groups in total. The van der Waals surface area contributed by atoms with Crippen LogP contribution in [0.4, 0.5) is 4.39 Å². The second kappa shape index (κ2) is 9.59. The second-order valence-electron chi connectivity index (χ2n) is 6.25. The molecular formula is C23H22FNO4. The molecule has 3 aromatic rings. The van der Waals surface area contributed by atoms with E-state index in [1.165, 1.54) is 20.3 Å². The number of benzene rings is 3. The highest BCUT2D eigenvalue weighted by Gasteiger charge is 2.18. The highest BCUT2D eigenvalue weighted by atomic mass is 19.1. The van der Waals surface area contributed by atoms with E-state index in [-0.39, 0.29) is 18.3 Å². The Kier molecular flexibility index (Phi) is 6.68. The molecule has 0 spiro atoms. The number of hydrogen-bond donors (Lipinski definition) is 1. The van der Waals surface area contributed by atoms with Crippen molar-refractivity contribution < 1.29 is 23.4 Å². The largest absolute Gasteiger partial charge is 0.493 e. The summed E-state index contributed by atoms with van der Waals surface area (Å²) in [6.45, 7) is 0.0734. The molecule has 0 bridgehead atoms. The zero-order valence-electron chi connectivity index (χ0n) is 16.2. The van der Waals surface area contributed by atoms with Gasteiger partial charge in [-0.15, -0.1) is 0 Å². The molecule has 29 heavy (non-hydrogen) atoms. The molecule has 0 heterocycles. The molecule has 3 aromatic carbocycles. The number of para-hydroxylation sites is 1. The lowest BCUT2D eigenvalue weighted by molar-refractivity contribution is 0.0920. The van der Waals surface area contributed by atoms with Gasteiger partial charge in [-0.1, -0.05) is 42.5 Å². The second-order valence-corrected chi connectivity index (χ2v) is 6.25. The molecule has 0 aliphatic rings. The van der Waals surface area contributed by atoms with E-state index in [4.69, 9.17) is 14.2 Å². The molecule has 1 atom stereocenters. The van der Waals surface area contributed by atoms with Gasteiger partial charge in [0.25, 0.3) is 5.91 Å². The molecule has 0 aromatic heterocycles. The molecule has 0 saturated carbocycles. The molecule has 0 aliphatic heterocycles. The van der Waals surface area contributed by atoms with Crippen LogP contribution in [-0.2, 0) is 0 Å². The standard InChI is InChI=1S/C23H22FNO4/c1-27-21-13-12-17(14-22(21)28-2)23(26)25-19(16-8-4-3-5-9-16)15-29-20-11-7-6-10-18(20)24/h3-14,19H,15H2,1-2H3,(H,25,26). The topological polar surface area (TPSA) is 56.8 Å². The first-order chi connectivity index (χ1) is 14.1. The number of methoxy groups -OCH3 is 2. The van der Waals surface area contributed by atoms with Crippen LogP contribution in [0.5, 0.6) is 17.2 Å². The Morgan fingerprint density at radius 2 is 1.59 bits per heavy atom. The Morgan fingerprint density at radius 1 is 0.897 bits per heavy atom. The Labute approximate surface area is 169 Å². The Bertz CT molecular complexity index is 962. The van der Waals surface area contributed by atoms with Gasteiger partial charge in [0.1, 0.15) is 6.61 Å². The van der Waals surface area contributed by atoms with E-state index in [1.807, 2.05) is 30.3 Å². The number of carbonyl (C=O) groups excluding carboxylic acids is 1. The number of nitrogens with one attached hydrogen (secondary N) is 1. The lowest BCUT2D eigenvalue weighted by Crippen LogP contribution is -2.32. The molecule has 1 unspecified atom stereocenters. The van der Waals surface area contributed by atoms with Crippen LogP contribution in [0.3, 0.4) is 0 Å². The third-order valence-corrected chi connectivity index (χ3v) is 4.40. The van der Waals surface area contributed by atoms with Crippen LogP contribution in [0.25, 0.3) is 0 Å². The molecule has 0 radical (unpaired) electrons. The number of hydrogen-bond acceptors (Lipinski definition) is 4. The van der Waals surface area contributed by atoms with Gasteiger partial charge in [-0.3, -0.25) is 4.79 Å². The van der Waals surface area contributed by atoms with Gasteiger partial charge in [-0.25, -0.2) is 4.39 Å². The van der Waals surface area contributed by atoms with Crippen molar-refractivity contribution in [1.29, 1.82) is 0 Å². The Morgan fingerprint density at radius 3 is 2.28 bits per heavy atom. The minimum Gasteiger partial charge on any atom is -0.493 e. The minimum absolute atomic E-state index is 0.0734. The molecule has 6 heteroatoms. The third kappa shape index (κ3) is 5.04. The number of ether oxygens (including phenoxy) is 3. The summed E-state index contributed by atoms with van der Waals surface area (Å²) in [4.78, 5) is 12.8. The van der Waals surface area contributed by atoms with Crippen LogP contribution in [0, 0.1) is 5.82 Å². The van der Waals surface area contributed by atoms with Gasteiger partial charge in [0, 0.05) is 5.56 Å². The third-order valence-electron chi connectivity index (χ3n) is 4.40. The first-order valence-electron chi connectivity index (χ1n) is 9.07. The highest BCUT2D eigenvalue weighted by Crippen LogP contribution is 2.28. The highest BCUT2D eigenvalue weighted by molar-refractivity contribution is 5.95. The van der Waals surface area contributed by atoms with E-state index in [1.54, 1.807) is 36.4 Å². The maximum atomic E-state index is 13.9. The average Bonchev–Trinajstić information content (AvgIpc) is 2.77. The van der Waals surface area contributed by atoms with E-state index in [0.29, 0.717) is 17.1 Å². The maximum absolute atomic E-state index is 13.9. The number of rotatable bonds is 8. The first kappa shape index (κ1) is 20.2. The van der Waals surface area contributed by atoms with E-state index in [9.17, 15) is 9.18 Å². The van der Waals surface area contributed by atoms with E-state index >= 15 is 0 Å². The van der Waals surface area contributed by atoms with Crippen molar-refractivity contribution in [3.8, 4) is 17.2 Å². The van der Waals surface area contributed by atoms with Crippen LogP contribution in [-0.4, -0.2) is 26.7 Å². The summed E-state index contributed by atoms with van der Waals surface area (Å²) in [5.74, 6) is 0.363. The van der Waals surface area contributed by atoms with Crippen LogP contribution in [0.1, 0.15) is 22.0 Å². The van der Waals surface area contributed by atoms with Crippen molar-refractivity contribution in [1.82, 2.24) is 5.32 Å². The first-order valence-corrected chi connectivity index (χ1v) is 9.07. The minimum atomic E-state index is -0.476. The number of amides is 1. The summed E-state index contributed by atoms with van der Waals surface area (Å²) in [5, 5.41) is 2.95. The number of carbonyl (C=O) groups is 1. The fraction of sp³-hybridized carbons (Fsp3) is 0.174. The SMILES string of the molecule is COc1ccc(C(=O)NC(COc2ccccc2F)c2ccccc2)cc1OC. The lowest BCUT2D eigenvalue weighted by Gasteiger charge is -2.20. The van der Waals surface area contributed by atoms with Crippen molar-refractivity contribution in [2.45, 2.75) is 6.04 Å². The van der Waals surface area contributed by atoms with Crippen molar-refractivity contribution in [3.63, 3.8) is 0 Å². The van der Waals surface area contributed by atoms with Crippen LogP contribution in [0.2, 0.25) is 0 Å². The van der Waals surface area contributed by atoms with Crippen molar-refractivity contribution in [2.24, 2.45) is 0 Å². The van der Waals surface area contributed by atoms with Gasteiger partial charge in [0.15, 0.2) is 23.1 Å². The lowest BCUT2D eigenvalue weighted by atomic mass is 10.1. The molecule has 0 saturated heterocycles. The quantitative estimate of drug-likeness (QED) is 0.615. The van der Waals surface area contributed by atoms with Gasteiger partial charge >= 0.3 is 0 Å². The summed E-state index contributed by atoms with van der Waals surface area (Å²) < 4.78 is 30.0. The van der Waals surface area contributed by atoms with E-state index in [2.05, 4.69) is 5.32 Å². The summed E-state index contributed by atoms with van der Waals surface area (Å²) in [6.07, 6.45) is 0. The van der Waals surface area contributed by atoms with Crippen LogP contribution < -0.4 is 19.5 Å². The smallest absolute Gasteiger partial charge is 0.252 e. The summed E-state index contributed by atoms with van der Waals surface area (Å²) in [6, 6.07) is 20.0. The zero-order chi connectivity index (χ0) is 20.6. The summed E-state index contributed by atoms with van der Waals surface area (Å²) in [7, 11) is 3.04. The fourth-order valence-corrected chi connectivity index (χ4v) is 2.86. The number of halogens is 1. The molecular weight excluding hydrogens is 373 g/mol. The monoisotopic (exact) mass is 395 g/mol. The van der Waals surface area contributed by atoms with Gasteiger partial charge in [0.2, 0.25) is 0 Å². The average molecular weight is 395 g/mol. The van der Waals surface area contributed by atoms with E-state index < -0.39 is 11.9 Å². The predicted molar refractivity (Wildman–Crippen MR) is 108 cm³/mol. The van der Waals surface area contributed by atoms with Gasteiger partial charge < -0.3 is 19.5 Å². The normalized spacial score (nSPS) is 11.4.